The number of benzene rings is 1. The zero-order valence-corrected chi connectivity index (χ0v) is 24.4. The van der Waals surface area contributed by atoms with Crippen molar-refractivity contribution in [1.82, 2.24) is 30.4 Å². The molecule has 4 heterocycles. The third-order valence-corrected chi connectivity index (χ3v) is 9.27. The van der Waals surface area contributed by atoms with Gasteiger partial charge in [0.15, 0.2) is 5.01 Å². The maximum Gasteiger partial charge on any atom is 0.409 e. The summed E-state index contributed by atoms with van der Waals surface area (Å²) in [5.41, 5.74) is 2.20. The van der Waals surface area contributed by atoms with Crippen LogP contribution in [0, 0.1) is 5.92 Å². The van der Waals surface area contributed by atoms with Crippen molar-refractivity contribution in [2.75, 3.05) is 46.5 Å². The molecule has 41 heavy (non-hydrogen) atoms. The van der Waals surface area contributed by atoms with Crippen LogP contribution in [0.5, 0.6) is 0 Å². The molecule has 0 spiro atoms. The second kappa shape index (κ2) is 12.0. The number of amides is 3. The van der Waals surface area contributed by atoms with Crippen molar-refractivity contribution >= 4 is 51.7 Å². The first-order valence-electron chi connectivity index (χ1n) is 13.9. The molecule has 0 bridgehead atoms. The minimum Gasteiger partial charge on any atom is -0.449 e. The van der Waals surface area contributed by atoms with E-state index in [4.69, 9.17) is 21.1 Å². The van der Waals surface area contributed by atoms with Gasteiger partial charge in [0.05, 0.1) is 25.5 Å². The number of carbonyl (C=O) groups is 3. The monoisotopic (exact) mass is 600 g/mol. The van der Waals surface area contributed by atoms with Gasteiger partial charge < -0.3 is 34.9 Å². The molecule has 3 amide bonds. The number of ether oxygens (including phenoxy) is 2. The summed E-state index contributed by atoms with van der Waals surface area (Å²) in [6, 6.07) is 6.46. The summed E-state index contributed by atoms with van der Waals surface area (Å²) in [5.74, 6) is -0.557. The number of nitrogens with zero attached hydrogens (tertiary/aromatic N) is 3. The number of likely N-dealkylation sites (N-methyl/N-ethyl adjacent to an activating group) is 1. The van der Waals surface area contributed by atoms with Gasteiger partial charge in [-0.2, -0.15) is 0 Å². The molecule has 1 aliphatic carbocycles. The summed E-state index contributed by atoms with van der Waals surface area (Å²) in [5, 5.41) is 8.09. The van der Waals surface area contributed by atoms with Crippen molar-refractivity contribution in [1.29, 1.82) is 0 Å². The number of fused-ring (bicyclic) bond motifs is 2. The zero-order valence-electron chi connectivity index (χ0n) is 22.8. The highest BCUT2D eigenvalue weighted by atomic mass is 35.5. The van der Waals surface area contributed by atoms with Gasteiger partial charge in [-0.25, -0.2) is 9.78 Å². The van der Waals surface area contributed by atoms with E-state index in [1.807, 2.05) is 6.07 Å². The Morgan fingerprint density at radius 2 is 1.88 bits per heavy atom. The topological polar surface area (TPSA) is 129 Å². The molecule has 11 nitrogen and oxygen atoms in total. The number of aromatic amines is 1. The fraction of sp³-hybridized carbons (Fsp3) is 0.500. The molecule has 3 atom stereocenters. The van der Waals surface area contributed by atoms with Gasteiger partial charge in [-0.05, 0) is 50.1 Å². The number of carbonyl (C=O) groups excluding carboxylic acids is 3. The Labute approximate surface area is 246 Å². The Morgan fingerprint density at radius 1 is 1.12 bits per heavy atom. The number of morpholine rings is 1. The standard InChI is InChI=1S/C28H33ClN6O5S/c1-34-5-4-20-24(14-34)41-27(33-20)26(37)32-22-11-16(15-40-28(38)35-6-8-39-9-7-35)10-21(22)31-25(36)23-13-17-12-18(29)2-3-19(17)30-23/h2-3,12-13,16,21-22,30H,4-11,14-15H2,1H3,(H,31,36)(H,32,37). The lowest BCUT2D eigenvalue weighted by Crippen LogP contribution is -2.48. The average molecular weight is 601 g/mol. The molecule has 3 N–H and O–H groups in total. The van der Waals surface area contributed by atoms with Gasteiger partial charge in [-0.3, -0.25) is 9.59 Å². The van der Waals surface area contributed by atoms with Gasteiger partial charge in [0, 0.05) is 65.5 Å². The lowest BCUT2D eigenvalue weighted by atomic mass is 10.1. The summed E-state index contributed by atoms with van der Waals surface area (Å²) < 4.78 is 10.9. The van der Waals surface area contributed by atoms with Crippen molar-refractivity contribution in [2.24, 2.45) is 5.92 Å². The van der Waals surface area contributed by atoms with Crippen LogP contribution in [0.1, 0.15) is 43.7 Å². The number of nitrogens with one attached hydrogen (secondary N) is 3. The summed E-state index contributed by atoms with van der Waals surface area (Å²) in [4.78, 5) is 51.9. The van der Waals surface area contributed by atoms with Crippen molar-refractivity contribution in [2.45, 2.75) is 37.9 Å². The quantitative estimate of drug-likeness (QED) is 0.397. The first-order chi connectivity index (χ1) is 19.8. The first kappa shape index (κ1) is 28.0. The molecule has 6 rings (SSSR count). The third kappa shape index (κ3) is 6.35. The molecule has 1 aromatic carbocycles. The van der Waals surface area contributed by atoms with Crippen LogP contribution in [0.3, 0.4) is 0 Å². The molecule has 218 valence electrons. The summed E-state index contributed by atoms with van der Waals surface area (Å²) in [6.07, 6.45) is 1.57. The van der Waals surface area contributed by atoms with Crippen LogP contribution in [0.25, 0.3) is 10.9 Å². The van der Waals surface area contributed by atoms with Gasteiger partial charge in [0.2, 0.25) is 0 Å². The fourth-order valence-electron chi connectivity index (χ4n) is 5.75. The van der Waals surface area contributed by atoms with Crippen LogP contribution in [0.15, 0.2) is 24.3 Å². The number of hydrogen-bond donors (Lipinski definition) is 3. The number of rotatable bonds is 6. The van der Waals surface area contributed by atoms with Crippen molar-refractivity contribution in [3.05, 3.63) is 50.6 Å². The fourth-order valence-corrected chi connectivity index (χ4v) is 7.02. The van der Waals surface area contributed by atoms with Crippen molar-refractivity contribution in [3.63, 3.8) is 0 Å². The Hall–Kier alpha value is -3.19. The molecule has 1 saturated heterocycles. The molecule has 1 saturated carbocycles. The van der Waals surface area contributed by atoms with E-state index >= 15 is 0 Å². The molecule has 2 aromatic heterocycles. The number of halogens is 1. The van der Waals surface area contributed by atoms with Crippen LogP contribution in [0.2, 0.25) is 5.02 Å². The lowest BCUT2D eigenvalue weighted by molar-refractivity contribution is 0.0229. The summed E-state index contributed by atoms with van der Waals surface area (Å²) >= 11 is 7.54. The maximum absolute atomic E-state index is 13.3. The molecular formula is C28H33ClN6O5S. The van der Waals surface area contributed by atoms with Gasteiger partial charge >= 0.3 is 6.09 Å². The number of hydrogen-bond acceptors (Lipinski definition) is 8. The average Bonchev–Trinajstić information content (AvgIpc) is 3.68. The Morgan fingerprint density at radius 3 is 2.66 bits per heavy atom. The highest BCUT2D eigenvalue weighted by Crippen LogP contribution is 2.29. The van der Waals surface area contributed by atoms with Crippen LogP contribution in [-0.4, -0.2) is 96.3 Å². The molecular weight excluding hydrogens is 568 g/mol. The predicted octanol–water partition coefficient (Wildman–Crippen LogP) is 3.04. The summed E-state index contributed by atoms with van der Waals surface area (Å²) in [6.45, 7) is 3.91. The van der Waals surface area contributed by atoms with Crippen LogP contribution >= 0.6 is 22.9 Å². The van der Waals surface area contributed by atoms with Crippen LogP contribution in [0.4, 0.5) is 4.79 Å². The zero-order chi connectivity index (χ0) is 28.5. The second-order valence-electron chi connectivity index (χ2n) is 11.0. The number of aromatic nitrogens is 2. The third-order valence-electron chi connectivity index (χ3n) is 7.95. The van der Waals surface area contributed by atoms with Crippen LogP contribution in [-0.2, 0) is 22.4 Å². The molecule has 2 fully saturated rings. The van der Waals surface area contributed by atoms with E-state index in [1.54, 1.807) is 23.1 Å². The van der Waals surface area contributed by atoms with Crippen molar-refractivity contribution < 1.29 is 23.9 Å². The highest BCUT2D eigenvalue weighted by molar-refractivity contribution is 7.13. The highest BCUT2D eigenvalue weighted by Gasteiger charge is 2.38. The van der Waals surface area contributed by atoms with E-state index < -0.39 is 0 Å². The van der Waals surface area contributed by atoms with E-state index in [0.717, 1.165) is 41.0 Å². The molecule has 3 aromatic rings. The predicted molar refractivity (Wildman–Crippen MR) is 154 cm³/mol. The number of H-pyrrole nitrogens is 1. The van der Waals surface area contributed by atoms with E-state index in [1.165, 1.54) is 11.3 Å². The van der Waals surface area contributed by atoms with Crippen molar-refractivity contribution in [3.8, 4) is 0 Å². The molecule has 3 unspecified atom stereocenters. The smallest absolute Gasteiger partial charge is 0.409 e. The SMILES string of the molecule is CN1CCc2nc(C(=O)NC3CC(COC(=O)N4CCOCC4)CC3NC(=O)c3cc4cc(Cl)ccc4[nH]3)sc2C1. The second-order valence-corrected chi connectivity index (χ2v) is 12.5. The van der Waals surface area contributed by atoms with Crippen LogP contribution < -0.4 is 10.6 Å². The van der Waals surface area contributed by atoms with E-state index in [2.05, 4.69) is 32.5 Å². The first-order valence-corrected chi connectivity index (χ1v) is 15.1. The summed E-state index contributed by atoms with van der Waals surface area (Å²) in [7, 11) is 2.06. The van der Waals surface area contributed by atoms with E-state index in [9.17, 15) is 14.4 Å². The molecule has 13 heteroatoms. The van der Waals surface area contributed by atoms with E-state index in [0.29, 0.717) is 54.9 Å². The minimum atomic E-state index is -0.364. The minimum absolute atomic E-state index is 0.0322. The van der Waals surface area contributed by atoms with Gasteiger partial charge in [-0.1, -0.05) is 11.6 Å². The molecule has 2 aliphatic heterocycles. The molecule has 3 aliphatic rings. The van der Waals surface area contributed by atoms with Gasteiger partial charge in [0.1, 0.15) is 5.69 Å². The molecule has 0 radical (unpaired) electrons. The van der Waals surface area contributed by atoms with Gasteiger partial charge in [-0.15, -0.1) is 11.3 Å². The Kier molecular flexibility index (Phi) is 8.16. The maximum atomic E-state index is 13.3. The largest absolute Gasteiger partial charge is 0.449 e. The Bertz CT molecular complexity index is 1450. The van der Waals surface area contributed by atoms with Gasteiger partial charge in [0.25, 0.3) is 11.8 Å². The number of thiazole rings is 1. The van der Waals surface area contributed by atoms with E-state index in [-0.39, 0.29) is 42.5 Å². The Balaban J connectivity index is 1.14. The lowest BCUT2D eigenvalue weighted by Gasteiger charge is -2.26. The normalized spacial score (nSPS) is 22.9.